The molecule has 0 aliphatic heterocycles. The van der Waals surface area contributed by atoms with Crippen molar-refractivity contribution in [3.05, 3.63) is 70.9 Å². The molecule has 3 aromatic rings. The van der Waals surface area contributed by atoms with Gasteiger partial charge in [-0.25, -0.2) is 9.48 Å². The lowest BCUT2D eigenvalue weighted by molar-refractivity contribution is -0.116. The first-order valence-electron chi connectivity index (χ1n) is 10.9. The zero-order chi connectivity index (χ0) is 24.2. The largest absolute Gasteiger partial charge is 0.322 e. The second-order valence-corrected chi connectivity index (χ2v) is 9.28. The summed E-state index contributed by atoms with van der Waals surface area (Å²) in [6, 6.07) is 16.4. The third-order valence-electron chi connectivity index (χ3n) is 5.17. The van der Waals surface area contributed by atoms with Crippen LogP contribution in [0.15, 0.2) is 54.6 Å². The van der Waals surface area contributed by atoms with Crippen molar-refractivity contribution in [3.8, 4) is 5.69 Å². The fraction of sp³-hybridized carbons (Fsp3) is 0.320. The molecule has 2 N–H and O–H groups in total. The summed E-state index contributed by atoms with van der Waals surface area (Å²) in [7, 11) is 0. The predicted molar refractivity (Wildman–Crippen MR) is 133 cm³/mol. The fourth-order valence-electron chi connectivity index (χ4n) is 3.16. The second kappa shape index (κ2) is 10.1. The normalized spacial score (nSPS) is 11.2. The van der Waals surface area contributed by atoms with E-state index in [1.165, 1.54) is 4.90 Å². The number of hydrogen-bond acceptors (Lipinski definition) is 3. The van der Waals surface area contributed by atoms with Crippen LogP contribution in [0.5, 0.6) is 0 Å². The molecule has 0 atom stereocenters. The molecule has 1 aromatic heterocycles. The van der Waals surface area contributed by atoms with Crippen LogP contribution >= 0.6 is 11.6 Å². The first kappa shape index (κ1) is 24.3. The van der Waals surface area contributed by atoms with Gasteiger partial charge in [0, 0.05) is 28.7 Å². The van der Waals surface area contributed by atoms with Gasteiger partial charge in [-0.3, -0.25) is 4.79 Å². The first-order valence-corrected chi connectivity index (χ1v) is 11.2. The van der Waals surface area contributed by atoms with Crippen LogP contribution in [0.1, 0.15) is 39.0 Å². The molecule has 7 nitrogen and oxygen atoms in total. The lowest BCUT2D eigenvalue weighted by Crippen LogP contribution is -2.40. The number of amides is 3. The van der Waals surface area contributed by atoms with Gasteiger partial charge in [-0.2, -0.15) is 5.10 Å². The number of hydrogen-bond donors (Lipinski definition) is 2. The molecule has 0 unspecified atom stereocenters. The number of para-hydroxylation sites is 1. The maximum atomic E-state index is 12.9. The highest BCUT2D eigenvalue weighted by Crippen LogP contribution is 2.26. The van der Waals surface area contributed by atoms with E-state index < -0.39 is 0 Å². The SMILES string of the molecule is CCN(CC(=O)Nc1cc(C(C)(C)C)nn1-c1ccccc1)C(=O)Nc1ccc(C)c(Cl)c1. The minimum absolute atomic E-state index is 0.104. The van der Waals surface area contributed by atoms with E-state index in [-0.39, 0.29) is 23.9 Å². The number of benzene rings is 2. The number of carbonyl (C=O) groups is 2. The van der Waals surface area contributed by atoms with Gasteiger partial charge in [0.25, 0.3) is 0 Å². The molecule has 0 spiro atoms. The molecule has 0 saturated heterocycles. The molecule has 174 valence electrons. The van der Waals surface area contributed by atoms with Crippen LogP contribution in [-0.4, -0.2) is 39.7 Å². The van der Waals surface area contributed by atoms with Crippen LogP contribution in [0.3, 0.4) is 0 Å². The van der Waals surface area contributed by atoms with Crippen molar-refractivity contribution in [2.24, 2.45) is 0 Å². The number of aromatic nitrogens is 2. The van der Waals surface area contributed by atoms with Crippen molar-refractivity contribution in [2.75, 3.05) is 23.7 Å². The molecular weight excluding hydrogens is 438 g/mol. The number of nitrogens with zero attached hydrogens (tertiary/aromatic N) is 3. The maximum absolute atomic E-state index is 12.9. The average molecular weight is 468 g/mol. The van der Waals surface area contributed by atoms with E-state index in [4.69, 9.17) is 16.7 Å². The lowest BCUT2D eigenvalue weighted by Gasteiger charge is -2.21. The fourth-order valence-corrected chi connectivity index (χ4v) is 3.34. The van der Waals surface area contributed by atoms with E-state index in [2.05, 4.69) is 31.4 Å². The molecule has 0 fully saturated rings. The van der Waals surface area contributed by atoms with Crippen molar-refractivity contribution in [1.29, 1.82) is 0 Å². The zero-order valence-electron chi connectivity index (χ0n) is 19.6. The van der Waals surface area contributed by atoms with E-state index in [0.717, 1.165) is 16.9 Å². The summed E-state index contributed by atoms with van der Waals surface area (Å²) in [6.07, 6.45) is 0. The van der Waals surface area contributed by atoms with E-state index >= 15 is 0 Å². The molecule has 3 amide bonds. The van der Waals surface area contributed by atoms with Crippen LogP contribution in [-0.2, 0) is 10.2 Å². The van der Waals surface area contributed by atoms with Crippen LogP contribution in [0.25, 0.3) is 5.69 Å². The van der Waals surface area contributed by atoms with Gasteiger partial charge in [-0.05, 0) is 43.7 Å². The van der Waals surface area contributed by atoms with Gasteiger partial charge in [0.15, 0.2) is 0 Å². The van der Waals surface area contributed by atoms with E-state index in [9.17, 15) is 9.59 Å². The minimum atomic E-state index is -0.375. The molecule has 1 heterocycles. The summed E-state index contributed by atoms with van der Waals surface area (Å²) >= 11 is 6.15. The molecule has 3 rings (SSSR count). The molecule has 0 aliphatic rings. The minimum Gasteiger partial charge on any atom is -0.315 e. The summed E-state index contributed by atoms with van der Waals surface area (Å²) in [5.41, 5.74) is 2.99. The molecule has 0 saturated carbocycles. The number of carbonyl (C=O) groups excluding carboxylic acids is 2. The van der Waals surface area contributed by atoms with Gasteiger partial charge < -0.3 is 15.5 Å². The molecule has 0 bridgehead atoms. The quantitative estimate of drug-likeness (QED) is 0.493. The molecule has 0 radical (unpaired) electrons. The Balaban J connectivity index is 1.75. The van der Waals surface area contributed by atoms with Crippen LogP contribution < -0.4 is 10.6 Å². The number of nitrogens with one attached hydrogen (secondary N) is 2. The predicted octanol–water partition coefficient (Wildman–Crippen LogP) is 5.62. The van der Waals surface area contributed by atoms with E-state index in [0.29, 0.717) is 23.1 Å². The number of likely N-dealkylation sites (N-methyl/N-ethyl adjacent to an activating group) is 1. The Kier molecular flexibility index (Phi) is 7.43. The average Bonchev–Trinajstić information content (AvgIpc) is 3.19. The number of rotatable bonds is 6. The number of urea groups is 1. The van der Waals surface area contributed by atoms with Crippen LogP contribution in [0.2, 0.25) is 5.02 Å². The van der Waals surface area contributed by atoms with Gasteiger partial charge in [-0.1, -0.05) is 56.6 Å². The van der Waals surface area contributed by atoms with Gasteiger partial charge in [0.2, 0.25) is 5.91 Å². The zero-order valence-corrected chi connectivity index (χ0v) is 20.4. The van der Waals surface area contributed by atoms with Crippen LogP contribution in [0, 0.1) is 6.92 Å². The summed E-state index contributed by atoms with van der Waals surface area (Å²) in [5, 5.41) is 11.0. The Bertz CT molecular complexity index is 1140. The summed E-state index contributed by atoms with van der Waals surface area (Å²) in [4.78, 5) is 27.0. The highest BCUT2D eigenvalue weighted by Gasteiger charge is 2.23. The lowest BCUT2D eigenvalue weighted by atomic mass is 9.92. The Labute approximate surface area is 199 Å². The summed E-state index contributed by atoms with van der Waals surface area (Å²) in [6.45, 7) is 10.2. The van der Waals surface area contributed by atoms with Gasteiger partial charge in [0.1, 0.15) is 12.4 Å². The summed E-state index contributed by atoms with van der Waals surface area (Å²) in [5.74, 6) is 0.240. The molecule has 2 aromatic carbocycles. The third kappa shape index (κ3) is 6.14. The first-order chi connectivity index (χ1) is 15.6. The Morgan fingerprint density at radius 2 is 1.76 bits per heavy atom. The number of halogens is 1. The van der Waals surface area contributed by atoms with Gasteiger partial charge in [0.05, 0.1) is 11.4 Å². The second-order valence-electron chi connectivity index (χ2n) is 8.87. The van der Waals surface area contributed by atoms with Gasteiger partial charge >= 0.3 is 6.03 Å². The third-order valence-corrected chi connectivity index (χ3v) is 5.58. The van der Waals surface area contributed by atoms with E-state index in [1.807, 2.05) is 56.3 Å². The Hall–Kier alpha value is -3.32. The molecule has 8 heteroatoms. The maximum Gasteiger partial charge on any atom is 0.322 e. The molecule has 33 heavy (non-hydrogen) atoms. The monoisotopic (exact) mass is 467 g/mol. The highest BCUT2D eigenvalue weighted by atomic mass is 35.5. The van der Waals surface area contributed by atoms with Crippen molar-refractivity contribution in [1.82, 2.24) is 14.7 Å². The topological polar surface area (TPSA) is 79.3 Å². The van der Waals surface area contributed by atoms with Crippen molar-refractivity contribution in [2.45, 2.75) is 40.0 Å². The molecular formula is C25H30ClN5O2. The Morgan fingerprint density at radius 1 is 1.06 bits per heavy atom. The number of anilines is 2. The van der Waals surface area contributed by atoms with Crippen molar-refractivity contribution in [3.63, 3.8) is 0 Å². The van der Waals surface area contributed by atoms with Crippen LogP contribution in [0.4, 0.5) is 16.3 Å². The van der Waals surface area contributed by atoms with Crippen molar-refractivity contribution >= 4 is 35.0 Å². The smallest absolute Gasteiger partial charge is 0.315 e. The standard InChI is InChI=1S/C25H30ClN5O2/c1-6-30(24(33)27-18-13-12-17(2)20(26)14-18)16-23(32)28-22-15-21(25(3,4)5)29-31(22)19-10-8-7-9-11-19/h7-15H,6,16H2,1-5H3,(H,27,33)(H,28,32). The summed E-state index contributed by atoms with van der Waals surface area (Å²) < 4.78 is 1.71. The molecule has 0 aliphatic carbocycles. The van der Waals surface area contributed by atoms with Gasteiger partial charge in [-0.15, -0.1) is 0 Å². The Morgan fingerprint density at radius 3 is 2.36 bits per heavy atom. The highest BCUT2D eigenvalue weighted by molar-refractivity contribution is 6.31. The number of aryl methyl sites for hydroxylation is 1. The van der Waals surface area contributed by atoms with Crippen molar-refractivity contribution < 1.29 is 9.59 Å². The van der Waals surface area contributed by atoms with E-state index in [1.54, 1.807) is 16.8 Å².